The molecule has 0 aliphatic carbocycles. The summed E-state index contributed by atoms with van der Waals surface area (Å²) in [4.78, 5) is 0. The summed E-state index contributed by atoms with van der Waals surface area (Å²) in [6.07, 6.45) is 10.9. The molecule has 0 radical (unpaired) electrons. The van der Waals surface area contributed by atoms with Crippen LogP contribution in [0.5, 0.6) is 0 Å². The van der Waals surface area contributed by atoms with Gasteiger partial charge in [-0.25, -0.2) is 0 Å². The van der Waals surface area contributed by atoms with E-state index in [1.807, 2.05) is 6.07 Å². The van der Waals surface area contributed by atoms with E-state index >= 15 is 0 Å². The van der Waals surface area contributed by atoms with E-state index in [0.29, 0.717) is 13.0 Å². The van der Waals surface area contributed by atoms with E-state index < -0.39 is 11.6 Å². The fraction of sp³-hybridized carbons (Fsp3) is 0.750. The fourth-order valence-corrected chi connectivity index (χ4v) is 3.90. The van der Waals surface area contributed by atoms with Crippen molar-refractivity contribution in [2.75, 3.05) is 27.9 Å². The highest BCUT2D eigenvalue weighted by molar-refractivity contribution is 5.18. The predicted molar refractivity (Wildman–Crippen MR) is 115 cm³/mol. The Hall–Kier alpha value is -0.940. The van der Waals surface area contributed by atoms with Gasteiger partial charge in [0, 0.05) is 34.4 Å². The van der Waals surface area contributed by atoms with Crippen LogP contribution in [0.4, 0.5) is 0 Å². The van der Waals surface area contributed by atoms with Gasteiger partial charge in [-0.1, -0.05) is 89.1 Å². The van der Waals surface area contributed by atoms with Crippen molar-refractivity contribution < 1.29 is 18.9 Å². The van der Waals surface area contributed by atoms with Gasteiger partial charge in [0.2, 0.25) is 0 Å². The largest absolute Gasteiger partial charge is 0.366 e. The van der Waals surface area contributed by atoms with Crippen LogP contribution in [0.25, 0.3) is 0 Å². The molecule has 28 heavy (non-hydrogen) atoms. The summed E-state index contributed by atoms with van der Waals surface area (Å²) in [6, 6.07) is 10.4. The first-order valence-electron chi connectivity index (χ1n) is 11.0. The number of hydrogen-bond acceptors (Lipinski definition) is 4. The minimum absolute atomic E-state index is 0.664. The van der Waals surface area contributed by atoms with Crippen LogP contribution in [0.2, 0.25) is 0 Å². The lowest BCUT2D eigenvalue weighted by atomic mass is 9.85. The smallest absolute Gasteiger partial charge is 0.313 e. The predicted octanol–water partition coefficient (Wildman–Crippen LogP) is 6.13. The first-order chi connectivity index (χ1) is 13.6. The molecule has 0 spiro atoms. The third kappa shape index (κ3) is 7.14. The zero-order chi connectivity index (χ0) is 20.7. The molecule has 0 fully saturated rings. The van der Waals surface area contributed by atoms with Crippen molar-refractivity contribution in [3.63, 3.8) is 0 Å². The molecular weight excluding hydrogens is 352 g/mol. The van der Waals surface area contributed by atoms with Crippen LogP contribution in [-0.4, -0.2) is 39.5 Å². The maximum absolute atomic E-state index is 6.57. The molecule has 1 atom stereocenters. The Morgan fingerprint density at radius 2 is 1.29 bits per heavy atom. The lowest BCUT2D eigenvalue weighted by Gasteiger charge is -2.46. The third-order valence-electron chi connectivity index (χ3n) is 5.51. The molecule has 0 aromatic heterocycles. The number of methoxy groups -OCH3 is 3. The molecule has 0 saturated carbocycles. The number of benzene rings is 1. The Kier molecular flexibility index (Phi) is 12.6. The second kappa shape index (κ2) is 14.1. The average Bonchev–Trinajstić information content (AvgIpc) is 2.73. The molecule has 162 valence electrons. The van der Waals surface area contributed by atoms with E-state index in [0.717, 1.165) is 25.7 Å². The Morgan fingerprint density at radius 1 is 0.714 bits per heavy atom. The summed E-state index contributed by atoms with van der Waals surface area (Å²) < 4.78 is 24.1. The summed E-state index contributed by atoms with van der Waals surface area (Å²) in [6.45, 7) is 5.08. The first kappa shape index (κ1) is 25.1. The van der Waals surface area contributed by atoms with Gasteiger partial charge in [0.1, 0.15) is 0 Å². The number of ether oxygens (including phenoxy) is 4. The summed E-state index contributed by atoms with van der Waals surface area (Å²) >= 11 is 0. The van der Waals surface area contributed by atoms with E-state index in [4.69, 9.17) is 18.9 Å². The van der Waals surface area contributed by atoms with Crippen molar-refractivity contribution in [1.29, 1.82) is 0 Å². The summed E-state index contributed by atoms with van der Waals surface area (Å²) in [5.41, 5.74) is 0.493. The molecule has 0 saturated heterocycles. The molecule has 1 unspecified atom stereocenters. The molecule has 1 rings (SSSR count). The molecule has 1 aromatic carbocycles. The zero-order valence-corrected chi connectivity index (χ0v) is 18.8. The molecule has 0 N–H and O–H groups in total. The summed E-state index contributed by atoms with van der Waals surface area (Å²) in [7, 11) is 4.91. The van der Waals surface area contributed by atoms with E-state index in [1.54, 1.807) is 21.3 Å². The van der Waals surface area contributed by atoms with Gasteiger partial charge >= 0.3 is 5.97 Å². The molecule has 0 heterocycles. The van der Waals surface area contributed by atoms with Crippen LogP contribution in [0, 0.1) is 0 Å². The van der Waals surface area contributed by atoms with Gasteiger partial charge in [-0.05, 0) is 18.4 Å². The molecule has 4 heteroatoms. The van der Waals surface area contributed by atoms with Crippen molar-refractivity contribution in [3.05, 3.63) is 35.9 Å². The van der Waals surface area contributed by atoms with Crippen LogP contribution >= 0.6 is 0 Å². The SMILES string of the molecule is CCCCCCCCC(Cc1ccccc1)(OCCCC)C(OC)(OC)OC. The van der Waals surface area contributed by atoms with Crippen LogP contribution in [0.1, 0.15) is 77.2 Å². The average molecular weight is 395 g/mol. The van der Waals surface area contributed by atoms with Gasteiger partial charge in [0.25, 0.3) is 0 Å². The molecule has 0 amide bonds. The van der Waals surface area contributed by atoms with Crippen LogP contribution < -0.4 is 0 Å². The number of hydrogen-bond donors (Lipinski definition) is 0. The quantitative estimate of drug-likeness (QED) is 0.235. The number of unbranched alkanes of at least 4 members (excludes halogenated alkanes) is 6. The normalized spacial score (nSPS) is 14.2. The lowest BCUT2D eigenvalue weighted by Crippen LogP contribution is -2.61. The van der Waals surface area contributed by atoms with E-state index in [-0.39, 0.29) is 0 Å². The highest BCUT2D eigenvalue weighted by atomic mass is 16.9. The summed E-state index contributed by atoms with van der Waals surface area (Å²) in [5, 5.41) is 0. The van der Waals surface area contributed by atoms with Crippen molar-refractivity contribution in [1.82, 2.24) is 0 Å². The zero-order valence-electron chi connectivity index (χ0n) is 18.8. The maximum atomic E-state index is 6.57. The molecule has 4 nitrogen and oxygen atoms in total. The van der Waals surface area contributed by atoms with Gasteiger partial charge in [0.05, 0.1) is 0 Å². The van der Waals surface area contributed by atoms with Crippen molar-refractivity contribution >= 4 is 0 Å². The second-order valence-corrected chi connectivity index (χ2v) is 7.55. The Labute approximate surface area is 172 Å². The molecule has 1 aromatic rings. The van der Waals surface area contributed by atoms with Gasteiger partial charge in [0.15, 0.2) is 5.60 Å². The van der Waals surface area contributed by atoms with Gasteiger partial charge in [-0.15, -0.1) is 0 Å². The Bertz CT molecular complexity index is 478. The van der Waals surface area contributed by atoms with Crippen LogP contribution in [-0.2, 0) is 25.4 Å². The van der Waals surface area contributed by atoms with Gasteiger partial charge in [-0.3, -0.25) is 0 Å². The van der Waals surface area contributed by atoms with Crippen LogP contribution in [0.3, 0.4) is 0 Å². The Morgan fingerprint density at radius 3 is 1.86 bits per heavy atom. The monoisotopic (exact) mass is 394 g/mol. The van der Waals surface area contributed by atoms with Gasteiger partial charge in [-0.2, -0.15) is 0 Å². The van der Waals surface area contributed by atoms with E-state index in [2.05, 4.69) is 38.1 Å². The molecule has 0 aliphatic rings. The van der Waals surface area contributed by atoms with Crippen LogP contribution in [0.15, 0.2) is 30.3 Å². The van der Waals surface area contributed by atoms with Crippen molar-refractivity contribution in [2.24, 2.45) is 0 Å². The van der Waals surface area contributed by atoms with E-state index in [9.17, 15) is 0 Å². The highest BCUT2D eigenvalue weighted by Gasteiger charge is 2.55. The molecule has 0 bridgehead atoms. The van der Waals surface area contributed by atoms with E-state index in [1.165, 1.54) is 37.7 Å². The lowest BCUT2D eigenvalue weighted by molar-refractivity contribution is -0.427. The highest BCUT2D eigenvalue weighted by Crippen LogP contribution is 2.39. The van der Waals surface area contributed by atoms with Crippen molar-refractivity contribution in [2.45, 2.75) is 89.6 Å². The minimum atomic E-state index is -1.24. The fourth-order valence-electron chi connectivity index (χ4n) is 3.90. The maximum Gasteiger partial charge on any atom is 0.313 e. The van der Waals surface area contributed by atoms with Crippen molar-refractivity contribution in [3.8, 4) is 0 Å². The van der Waals surface area contributed by atoms with Gasteiger partial charge < -0.3 is 18.9 Å². The minimum Gasteiger partial charge on any atom is -0.366 e. The summed E-state index contributed by atoms with van der Waals surface area (Å²) in [5.74, 6) is -1.24. The topological polar surface area (TPSA) is 36.9 Å². The molecular formula is C24H42O4. The molecule has 0 aliphatic heterocycles. The first-order valence-corrected chi connectivity index (χ1v) is 11.0. The standard InChI is InChI=1S/C24H42O4/c1-6-8-10-11-12-16-19-23(28-20-9-7-2,24(25-3,26-4)27-5)21-22-17-14-13-15-18-22/h13-15,17-18H,6-12,16,19-21H2,1-5H3. The Balaban J connectivity index is 3.08. The number of rotatable bonds is 17. The third-order valence-corrected chi connectivity index (χ3v) is 5.51. The second-order valence-electron chi connectivity index (χ2n) is 7.55.